The van der Waals surface area contributed by atoms with Crippen molar-refractivity contribution in [3.63, 3.8) is 0 Å². The zero-order valence-electron chi connectivity index (χ0n) is 16.5. The van der Waals surface area contributed by atoms with E-state index in [-0.39, 0.29) is 12.5 Å². The first-order valence-electron chi connectivity index (χ1n) is 9.30. The predicted molar refractivity (Wildman–Crippen MR) is 122 cm³/mol. The molecule has 0 fully saturated rings. The van der Waals surface area contributed by atoms with Crippen molar-refractivity contribution in [2.45, 2.75) is 6.54 Å². The maximum atomic E-state index is 12.0. The van der Waals surface area contributed by atoms with Crippen LogP contribution >= 0.6 is 15.9 Å². The third kappa shape index (κ3) is 6.63. The molecule has 0 saturated carbocycles. The summed E-state index contributed by atoms with van der Waals surface area (Å²) in [6, 6.07) is 22.8. The number of rotatable bonds is 9. The Bertz CT molecular complexity index is 1010. The van der Waals surface area contributed by atoms with Gasteiger partial charge in [-0.25, -0.2) is 0 Å². The largest absolute Gasteiger partial charge is 0.493 e. The van der Waals surface area contributed by atoms with E-state index < -0.39 is 0 Å². The number of nitrogens with one attached hydrogen (secondary N) is 2. The van der Waals surface area contributed by atoms with Gasteiger partial charge in [0.25, 0.3) is 5.91 Å². The van der Waals surface area contributed by atoms with Crippen molar-refractivity contribution in [1.29, 1.82) is 0 Å². The highest BCUT2D eigenvalue weighted by molar-refractivity contribution is 9.10. The van der Waals surface area contributed by atoms with Gasteiger partial charge in [0, 0.05) is 11.0 Å². The van der Waals surface area contributed by atoms with Crippen LogP contribution in [-0.2, 0) is 11.3 Å². The number of halogens is 1. The van der Waals surface area contributed by atoms with E-state index in [0.29, 0.717) is 18.0 Å². The van der Waals surface area contributed by atoms with E-state index in [9.17, 15) is 4.79 Å². The molecule has 3 rings (SSSR count). The summed E-state index contributed by atoms with van der Waals surface area (Å²) >= 11 is 3.42. The van der Waals surface area contributed by atoms with Gasteiger partial charge in [0.05, 0.1) is 19.0 Å². The average molecular weight is 468 g/mol. The Balaban J connectivity index is 1.53. The van der Waals surface area contributed by atoms with E-state index in [2.05, 4.69) is 31.8 Å². The molecule has 0 atom stereocenters. The minimum absolute atomic E-state index is 0.0962. The second-order valence-corrected chi connectivity index (χ2v) is 7.26. The Morgan fingerprint density at radius 3 is 2.63 bits per heavy atom. The summed E-state index contributed by atoms with van der Waals surface area (Å²) in [6.45, 7) is 0.363. The molecule has 7 heteroatoms. The number of hydrogen-bond acceptors (Lipinski definition) is 5. The van der Waals surface area contributed by atoms with Crippen LogP contribution in [0.15, 0.2) is 82.4 Å². The summed E-state index contributed by atoms with van der Waals surface area (Å²) in [7, 11) is 1.55. The Labute approximate surface area is 184 Å². The molecule has 30 heavy (non-hydrogen) atoms. The maximum Gasteiger partial charge on any atom is 0.258 e. The van der Waals surface area contributed by atoms with Gasteiger partial charge in [0.1, 0.15) is 0 Å². The molecular formula is C23H22BrN3O3. The van der Waals surface area contributed by atoms with Crippen LogP contribution in [0.25, 0.3) is 0 Å². The lowest BCUT2D eigenvalue weighted by molar-refractivity contribution is -0.123. The number of methoxy groups -OCH3 is 1. The molecule has 0 saturated heterocycles. The SMILES string of the molecule is COc1cc(/C=N\Nc2cccc(Br)c2)ccc1OCC(=O)NCc1ccccc1. The van der Waals surface area contributed by atoms with Crippen molar-refractivity contribution in [2.75, 3.05) is 19.1 Å². The lowest BCUT2D eigenvalue weighted by atomic mass is 10.2. The van der Waals surface area contributed by atoms with Crippen molar-refractivity contribution in [2.24, 2.45) is 5.10 Å². The van der Waals surface area contributed by atoms with Crippen LogP contribution in [0.4, 0.5) is 5.69 Å². The lowest BCUT2D eigenvalue weighted by Crippen LogP contribution is -2.28. The minimum Gasteiger partial charge on any atom is -0.493 e. The zero-order valence-corrected chi connectivity index (χ0v) is 18.1. The first kappa shape index (κ1) is 21.4. The van der Waals surface area contributed by atoms with E-state index in [1.165, 1.54) is 0 Å². The van der Waals surface area contributed by atoms with E-state index in [1.54, 1.807) is 25.5 Å². The van der Waals surface area contributed by atoms with Crippen molar-refractivity contribution in [3.05, 3.63) is 88.4 Å². The molecule has 0 unspecified atom stereocenters. The van der Waals surface area contributed by atoms with Crippen LogP contribution in [0.5, 0.6) is 11.5 Å². The van der Waals surface area contributed by atoms with E-state index in [4.69, 9.17) is 9.47 Å². The Morgan fingerprint density at radius 1 is 1.03 bits per heavy atom. The monoisotopic (exact) mass is 467 g/mol. The van der Waals surface area contributed by atoms with Crippen LogP contribution in [0.2, 0.25) is 0 Å². The molecule has 0 aliphatic carbocycles. The molecule has 0 aliphatic rings. The second kappa shape index (κ2) is 11.0. The van der Waals surface area contributed by atoms with Crippen LogP contribution < -0.4 is 20.2 Å². The van der Waals surface area contributed by atoms with Gasteiger partial charge in [-0.2, -0.15) is 5.10 Å². The molecule has 6 nitrogen and oxygen atoms in total. The molecule has 2 N–H and O–H groups in total. The lowest BCUT2D eigenvalue weighted by Gasteiger charge is -2.11. The number of carbonyl (C=O) groups excluding carboxylic acids is 1. The van der Waals surface area contributed by atoms with Crippen LogP contribution in [0, 0.1) is 0 Å². The van der Waals surface area contributed by atoms with Crippen LogP contribution in [0.1, 0.15) is 11.1 Å². The first-order valence-corrected chi connectivity index (χ1v) is 10.1. The number of hydrazone groups is 1. The van der Waals surface area contributed by atoms with Crippen molar-refractivity contribution in [3.8, 4) is 11.5 Å². The standard InChI is InChI=1S/C23H22BrN3O3/c1-29-22-12-18(15-26-27-20-9-5-8-19(24)13-20)10-11-21(22)30-16-23(28)25-14-17-6-3-2-4-7-17/h2-13,15,27H,14,16H2,1H3,(H,25,28)/b26-15-. The van der Waals surface area contributed by atoms with Gasteiger partial charge in [-0.05, 0) is 47.5 Å². The van der Waals surface area contributed by atoms with Gasteiger partial charge in [0.15, 0.2) is 18.1 Å². The maximum absolute atomic E-state index is 12.0. The topological polar surface area (TPSA) is 71.9 Å². The number of nitrogens with zero attached hydrogens (tertiary/aromatic N) is 1. The minimum atomic E-state index is -0.204. The molecule has 0 aliphatic heterocycles. The fraction of sp³-hybridized carbons (Fsp3) is 0.130. The van der Waals surface area contributed by atoms with Crippen LogP contribution in [0.3, 0.4) is 0 Å². The van der Waals surface area contributed by atoms with Crippen molar-refractivity contribution in [1.82, 2.24) is 5.32 Å². The van der Waals surface area contributed by atoms with Gasteiger partial charge < -0.3 is 14.8 Å². The molecule has 3 aromatic rings. The highest BCUT2D eigenvalue weighted by atomic mass is 79.9. The number of hydrogen-bond donors (Lipinski definition) is 2. The zero-order chi connectivity index (χ0) is 21.2. The van der Waals surface area contributed by atoms with Crippen molar-refractivity contribution >= 4 is 33.7 Å². The van der Waals surface area contributed by atoms with Gasteiger partial charge >= 0.3 is 0 Å². The van der Waals surface area contributed by atoms with Gasteiger partial charge in [-0.15, -0.1) is 0 Å². The molecule has 154 valence electrons. The average Bonchev–Trinajstić information content (AvgIpc) is 2.77. The Morgan fingerprint density at radius 2 is 1.87 bits per heavy atom. The summed E-state index contributed by atoms with van der Waals surface area (Å²) in [4.78, 5) is 12.0. The smallest absolute Gasteiger partial charge is 0.258 e. The van der Waals surface area contributed by atoms with Gasteiger partial charge in [0.2, 0.25) is 0 Å². The number of benzene rings is 3. The fourth-order valence-corrected chi connectivity index (χ4v) is 3.01. The molecule has 0 radical (unpaired) electrons. The molecule has 0 aromatic heterocycles. The number of amides is 1. The Hall–Kier alpha value is -3.32. The summed E-state index contributed by atoms with van der Waals surface area (Å²) < 4.78 is 12.0. The van der Waals surface area contributed by atoms with E-state index >= 15 is 0 Å². The summed E-state index contributed by atoms with van der Waals surface area (Å²) in [5.74, 6) is 0.812. The quantitative estimate of drug-likeness (QED) is 0.356. The highest BCUT2D eigenvalue weighted by Crippen LogP contribution is 2.27. The highest BCUT2D eigenvalue weighted by Gasteiger charge is 2.08. The number of anilines is 1. The van der Waals surface area contributed by atoms with Gasteiger partial charge in [-0.1, -0.05) is 52.3 Å². The number of ether oxygens (including phenoxy) is 2. The molecule has 3 aromatic carbocycles. The first-order chi connectivity index (χ1) is 14.6. The summed E-state index contributed by atoms with van der Waals surface area (Å²) in [5.41, 5.74) is 5.70. The Kier molecular flexibility index (Phi) is 7.86. The van der Waals surface area contributed by atoms with Crippen LogP contribution in [-0.4, -0.2) is 25.8 Å². The third-order valence-electron chi connectivity index (χ3n) is 4.11. The molecule has 1 amide bonds. The van der Waals surface area contributed by atoms with E-state index in [1.807, 2.05) is 60.7 Å². The molecular weight excluding hydrogens is 446 g/mol. The third-order valence-corrected chi connectivity index (χ3v) is 4.60. The summed E-state index contributed by atoms with van der Waals surface area (Å²) in [5, 5.41) is 7.06. The molecule has 0 heterocycles. The van der Waals surface area contributed by atoms with E-state index in [0.717, 1.165) is 21.3 Å². The molecule has 0 bridgehead atoms. The predicted octanol–water partition coefficient (Wildman–Crippen LogP) is 4.60. The van der Waals surface area contributed by atoms with Gasteiger partial charge in [-0.3, -0.25) is 10.2 Å². The second-order valence-electron chi connectivity index (χ2n) is 6.34. The summed E-state index contributed by atoms with van der Waals surface area (Å²) in [6.07, 6.45) is 1.68. The normalized spacial score (nSPS) is 10.6. The number of carbonyl (C=O) groups is 1. The fourth-order valence-electron chi connectivity index (χ4n) is 2.61. The molecule has 0 spiro atoms. The van der Waals surface area contributed by atoms with Crippen molar-refractivity contribution < 1.29 is 14.3 Å².